The Balaban J connectivity index is 2.23. The van der Waals surface area contributed by atoms with Crippen LogP contribution in [0.4, 0.5) is 5.69 Å². The third-order valence-corrected chi connectivity index (χ3v) is 6.12. The Hall–Kier alpha value is -1.90. The second kappa shape index (κ2) is 9.54. The van der Waals surface area contributed by atoms with Gasteiger partial charge in [-0.05, 0) is 59.1 Å². The summed E-state index contributed by atoms with van der Waals surface area (Å²) in [5.74, 6) is -1.24. The number of sulfone groups is 1. The first-order valence-electron chi connectivity index (χ1n) is 8.37. The summed E-state index contributed by atoms with van der Waals surface area (Å²) in [6, 6.07) is 10.8. The molecule has 0 aromatic heterocycles. The molecule has 0 spiro atoms. The number of rotatable bonds is 7. The van der Waals surface area contributed by atoms with Crippen LogP contribution in [-0.4, -0.2) is 38.3 Å². The summed E-state index contributed by atoms with van der Waals surface area (Å²) >= 11 is 9.37. The highest BCUT2D eigenvalue weighted by Gasteiger charge is 2.24. The summed E-state index contributed by atoms with van der Waals surface area (Å²) in [7, 11) is -3.31. The van der Waals surface area contributed by atoms with Crippen LogP contribution >= 0.6 is 27.5 Å². The maximum absolute atomic E-state index is 12.8. The van der Waals surface area contributed by atoms with E-state index in [0.717, 1.165) is 6.26 Å². The van der Waals surface area contributed by atoms with Crippen molar-refractivity contribution in [1.82, 2.24) is 5.32 Å². The van der Waals surface area contributed by atoms with Crippen LogP contribution in [0.2, 0.25) is 5.02 Å². The van der Waals surface area contributed by atoms with E-state index in [2.05, 4.69) is 26.6 Å². The largest absolute Gasteiger partial charge is 0.340 e. The highest BCUT2D eigenvalue weighted by Crippen LogP contribution is 2.23. The topological polar surface area (TPSA) is 92.3 Å². The second-order valence-electron chi connectivity index (χ2n) is 6.33. The van der Waals surface area contributed by atoms with Crippen LogP contribution < -0.4 is 10.6 Å². The third kappa shape index (κ3) is 6.32. The molecule has 0 radical (unpaired) electrons. The molecule has 1 atom stereocenters. The Morgan fingerprint density at radius 1 is 1.14 bits per heavy atom. The van der Waals surface area contributed by atoms with E-state index in [9.17, 15) is 18.0 Å². The summed E-state index contributed by atoms with van der Waals surface area (Å²) in [5.41, 5.74) is 1.52. The van der Waals surface area contributed by atoms with Gasteiger partial charge in [0.15, 0.2) is 0 Å². The molecule has 6 nitrogen and oxygen atoms in total. The number of anilines is 1. The molecule has 0 bridgehead atoms. The Morgan fingerprint density at radius 3 is 2.46 bits per heavy atom. The van der Waals surface area contributed by atoms with E-state index in [1.54, 1.807) is 49.4 Å². The molecule has 2 rings (SSSR count). The summed E-state index contributed by atoms with van der Waals surface area (Å²) < 4.78 is 23.7. The lowest BCUT2D eigenvalue weighted by molar-refractivity contribution is -0.118. The van der Waals surface area contributed by atoms with Crippen molar-refractivity contribution in [3.63, 3.8) is 0 Å². The fraction of sp³-hybridized carbons (Fsp3) is 0.263. The van der Waals surface area contributed by atoms with Gasteiger partial charge >= 0.3 is 0 Å². The maximum atomic E-state index is 12.8. The van der Waals surface area contributed by atoms with E-state index in [1.807, 2.05) is 0 Å². The molecule has 2 aromatic rings. The Labute approximate surface area is 177 Å². The molecule has 2 aromatic carbocycles. The van der Waals surface area contributed by atoms with E-state index in [0.29, 0.717) is 26.3 Å². The van der Waals surface area contributed by atoms with E-state index in [4.69, 9.17) is 11.6 Å². The quantitative estimate of drug-likeness (QED) is 0.624. The number of carbonyl (C=O) groups excluding carboxylic acids is 2. The monoisotopic (exact) mass is 486 g/mol. The van der Waals surface area contributed by atoms with Gasteiger partial charge in [0, 0.05) is 21.4 Å². The number of hydrogen-bond donors (Lipinski definition) is 2. The van der Waals surface area contributed by atoms with Gasteiger partial charge in [0.2, 0.25) is 5.91 Å². The lowest BCUT2D eigenvalue weighted by Gasteiger charge is -2.19. The van der Waals surface area contributed by atoms with Gasteiger partial charge in [0.25, 0.3) is 5.91 Å². The fourth-order valence-electron chi connectivity index (χ4n) is 2.44. The van der Waals surface area contributed by atoms with Gasteiger partial charge in [-0.25, -0.2) is 8.42 Å². The van der Waals surface area contributed by atoms with Crippen molar-refractivity contribution < 1.29 is 18.0 Å². The van der Waals surface area contributed by atoms with Gasteiger partial charge in [-0.1, -0.05) is 29.8 Å². The number of benzene rings is 2. The van der Waals surface area contributed by atoms with E-state index < -0.39 is 27.7 Å². The van der Waals surface area contributed by atoms with Crippen LogP contribution in [0.15, 0.2) is 46.9 Å². The first-order chi connectivity index (χ1) is 13.1. The summed E-state index contributed by atoms with van der Waals surface area (Å²) in [4.78, 5) is 25.4. The molecular formula is C19H20BrClN2O4S. The molecule has 150 valence electrons. The van der Waals surface area contributed by atoms with Crippen molar-refractivity contribution in [2.75, 3.05) is 17.3 Å². The predicted octanol–water partition coefficient (Wildman–Crippen LogP) is 3.58. The zero-order valence-electron chi connectivity index (χ0n) is 15.3. The number of hydrogen-bond acceptors (Lipinski definition) is 4. The van der Waals surface area contributed by atoms with Crippen molar-refractivity contribution in [1.29, 1.82) is 0 Å². The second-order valence-corrected chi connectivity index (χ2v) is 9.85. The summed E-state index contributed by atoms with van der Waals surface area (Å²) in [6.07, 6.45) is 1.03. The minimum Gasteiger partial charge on any atom is -0.340 e. The van der Waals surface area contributed by atoms with Gasteiger partial charge in [0.1, 0.15) is 15.9 Å². The third-order valence-electron chi connectivity index (χ3n) is 4.04. The van der Waals surface area contributed by atoms with Crippen LogP contribution in [0.25, 0.3) is 0 Å². The van der Waals surface area contributed by atoms with Gasteiger partial charge in [-0.3, -0.25) is 9.59 Å². The van der Waals surface area contributed by atoms with Crippen LogP contribution in [0.3, 0.4) is 0 Å². The number of amides is 2. The molecule has 0 aliphatic carbocycles. The summed E-state index contributed by atoms with van der Waals surface area (Å²) in [5, 5.41) is 5.83. The van der Waals surface area contributed by atoms with Gasteiger partial charge in [0.05, 0.1) is 11.3 Å². The minimum absolute atomic E-state index is 0.0551. The number of carbonyl (C=O) groups is 2. The van der Waals surface area contributed by atoms with E-state index in [1.165, 1.54) is 0 Å². The van der Waals surface area contributed by atoms with Crippen molar-refractivity contribution in [3.05, 3.63) is 63.1 Å². The normalized spacial score (nSPS) is 12.3. The first-order valence-corrected chi connectivity index (χ1v) is 11.6. The molecule has 0 heterocycles. The van der Waals surface area contributed by atoms with Crippen molar-refractivity contribution in [2.45, 2.75) is 19.4 Å². The molecule has 28 heavy (non-hydrogen) atoms. The SMILES string of the molecule is Cc1c(Cl)cccc1NC(=O)C(CCS(C)(=O)=O)NC(=O)c1ccccc1Br. The van der Waals surface area contributed by atoms with Crippen LogP contribution in [0.1, 0.15) is 22.3 Å². The van der Waals surface area contributed by atoms with Gasteiger partial charge < -0.3 is 10.6 Å². The highest BCUT2D eigenvalue weighted by molar-refractivity contribution is 9.10. The molecule has 0 aliphatic heterocycles. The molecule has 2 N–H and O–H groups in total. The lowest BCUT2D eigenvalue weighted by Crippen LogP contribution is -2.45. The molecule has 0 saturated carbocycles. The van der Waals surface area contributed by atoms with Crippen LogP contribution in [0, 0.1) is 6.92 Å². The standard InChI is InChI=1S/C19H20BrClN2O4S/c1-12-15(21)8-5-9-16(12)22-19(25)17(10-11-28(2,26)27)23-18(24)13-6-3-4-7-14(13)20/h3-9,17H,10-11H2,1-2H3,(H,22,25)(H,23,24). The number of halogens is 2. The molecule has 2 amide bonds. The molecule has 9 heteroatoms. The molecule has 0 saturated heterocycles. The zero-order chi connectivity index (χ0) is 20.9. The minimum atomic E-state index is -3.31. The molecule has 0 fully saturated rings. The van der Waals surface area contributed by atoms with Gasteiger partial charge in [-0.2, -0.15) is 0 Å². The molecule has 0 aliphatic rings. The molecular weight excluding hydrogens is 468 g/mol. The average molecular weight is 488 g/mol. The predicted molar refractivity (Wildman–Crippen MR) is 115 cm³/mol. The van der Waals surface area contributed by atoms with E-state index in [-0.39, 0.29) is 12.2 Å². The Bertz CT molecular complexity index is 995. The van der Waals surface area contributed by atoms with Gasteiger partial charge in [-0.15, -0.1) is 0 Å². The van der Waals surface area contributed by atoms with Crippen molar-refractivity contribution in [3.8, 4) is 0 Å². The summed E-state index contributed by atoms with van der Waals surface area (Å²) in [6.45, 7) is 1.75. The highest BCUT2D eigenvalue weighted by atomic mass is 79.9. The Kier molecular flexibility index (Phi) is 7.63. The zero-order valence-corrected chi connectivity index (χ0v) is 18.5. The van der Waals surface area contributed by atoms with Crippen LogP contribution in [0.5, 0.6) is 0 Å². The average Bonchev–Trinajstić information content (AvgIpc) is 2.61. The van der Waals surface area contributed by atoms with E-state index >= 15 is 0 Å². The number of nitrogens with one attached hydrogen (secondary N) is 2. The molecule has 1 unspecified atom stereocenters. The Morgan fingerprint density at radius 2 is 1.82 bits per heavy atom. The first kappa shape index (κ1) is 22.4. The smallest absolute Gasteiger partial charge is 0.253 e. The fourth-order valence-corrected chi connectivity index (χ4v) is 3.75. The van der Waals surface area contributed by atoms with Crippen molar-refractivity contribution in [2.24, 2.45) is 0 Å². The van der Waals surface area contributed by atoms with Crippen molar-refractivity contribution >= 4 is 54.9 Å². The van der Waals surface area contributed by atoms with Crippen LogP contribution in [-0.2, 0) is 14.6 Å². The maximum Gasteiger partial charge on any atom is 0.253 e. The lowest BCUT2D eigenvalue weighted by atomic mass is 10.1.